The molecule has 1 unspecified atom stereocenters. The van der Waals surface area contributed by atoms with E-state index in [1.54, 1.807) is 0 Å². The topological polar surface area (TPSA) is 206 Å². The molecule has 40 heavy (non-hydrogen) atoms. The fourth-order valence-corrected chi connectivity index (χ4v) is 4.70. The zero-order valence-electron chi connectivity index (χ0n) is 22.1. The number of nitrogens with zero attached hydrogens (tertiary/aromatic N) is 4. The quantitative estimate of drug-likeness (QED) is 0.124. The minimum Gasteiger partial charge on any atom is -0.434 e. The Morgan fingerprint density at radius 1 is 1.27 bits per heavy atom. The smallest absolute Gasteiger partial charge is 0.434 e. The van der Waals surface area contributed by atoms with Crippen LogP contribution in [0.2, 0.25) is 5.28 Å². The third kappa shape index (κ3) is 7.99. The molecule has 0 bridgehead atoms. The molecule has 0 aromatic carbocycles. The van der Waals surface area contributed by atoms with E-state index in [9.17, 15) is 24.5 Å². The van der Waals surface area contributed by atoms with Crippen molar-refractivity contribution >= 4 is 42.3 Å². The second kappa shape index (κ2) is 12.8. The van der Waals surface area contributed by atoms with Crippen LogP contribution in [-0.2, 0) is 32.8 Å². The van der Waals surface area contributed by atoms with Gasteiger partial charge in [0.2, 0.25) is 12.1 Å². The van der Waals surface area contributed by atoms with Gasteiger partial charge in [0.25, 0.3) is 0 Å². The van der Waals surface area contributed by atoms with E-state index < -0.39 is 51.4 Å². The summed E-state index contributed by atoms with van der Waals surface area (Å²) >= 11 is 6.13. The fraction of sp³-hybridized carbons (Fsp3) is 0.727. The first-order valence-corrected chi connectivity index (χ1v) is 14.6. The van der Waals surface area contributed by atoms with Gasteiger partial charge < -0.3 is 44.1 Å². The highest BCUT2D eigenvalue weighted by molar-refractivity contribution is 7.52. The molecular formula is C22H33ClN5O11P. The maximum Gasteiger partial charge on any atom is 0.510 e. The number of anilines is 1. The van der Waals surface area contributed by atoms with Crippen molar-refractivity contribution in [3.8, 4) is 0 Å². The molecule has 0 saturated carbocycles. The van der Waals surface area contributed by atoms with Crippen molar-refractivity contribution in [1.82, 2.24) is 19.5 Å². The second-order valence-electron chi connectivity index (χ2n) is 10.5. The molecule has 16 nitrogen and oxygen atoms in total. The number of aliphatic hydroxyl groups excluding tert-OH is 2. The SMILES string of the molecule is CC(C)(C)COC(=O)OCOP(=O)(O)COC[C@H]1O[C@@H](n2cnc3c(N[C@H]4CCOC4)nc(Cl)nc32)[C@H](O)[C@@H]1O. The van der Waals surface area contributed by atoms with Crippen LogP contribution in [0.1, 0.15) is 33.4 Å². The molecule has 0 amide bonds. The highest BCUT2D eigenvalue weighted by Crippen LogP contribution is 2.42. The zero-order valence-corrected chi connectivity index (χ0v) is 23.8. The van der Waals surface area contributed by atoms with Gasteiger partial charge in [0, 0.05) is 6.61 Å². The average molecular weight is 610 g/mol. The number of nitrogens with one attached hydrogen (secondary N) is 1. The van der Waals surface area contributed by atoms with Gasteiger partial charge in [-0.05, 0) is 23.4 Å². The van der Waals surface area contributed by atoms with Crippen LogP contribution in [0, 0.1) is 5.41 Å². The van der Waals surface area contributed by atoms with Crippen molar-refractivity contribution < 1.29 is 52.7 Å². The van der Waals surface area contributed by atoms with Crippen LogP contribution in [0.3, 0.4) is 0 Å². The minimum absolute atomic E-state index is 0.0244. The summed E-state index contributed by atoms with van der Waals surface area (Å²) in [5.41, 5.74) is 0.355. The van der Waals surface area contributed by atoms with Crippen LogP contribution in [0.15, 0.2) is 6.33 Å². The van der Waals surface area contributed by atoms with Gasteiger partial charge in [-0.2, -0.15) is 9.97 Å². The molecule has 2 aliphatic rings. The second-order valence-corrected chi connectivity index (χ2v) is 12.7. The maximum absolute atomic E-state index is 12.2. The van der Waals surface area contributed by atoms with E-state index in [-0.39, 0.29) is 35.6 Å². The summed E-state index contributed by atoms with van der Waals surface area (Å²) in [4.78, 5) is 34.2. The molecule has 0 spiro atoms. The molecule has 4 N–H and O–H groups in total. The van der Waals surface area contributed by atoms with Gasteiger partial charge in [-0.25, -0.2) is 9.78 Å². The standard InChI is InChI=1S/C22H33ClN5O11P/c1-22(2,3)8-36-21(31)37-10-38-40(32,33)11-35-7-13-15(29)16(30)19(39-13)28-9-24-14-17(25-12-4-5-34-6-12)26-20(23)27-18(14)28/h9,12-13,15-16,19,29-30H,4-8,10-11H2,1-3H3,(H,32,33)(H,25,26,27)/t12-,13+,15+,16+,19+/m0/s1. The molecule has 224 valence electrons. The highest BCUT2D eigenvalue weighted by Gasteiger charge is 2.45. The fourth-order valence-electron chi connectivity index (χ4n) is 3.91. The highest BCUT2D eigenvalue weighted by atomic mass is 35.5. The Balaban J connectivity index is 1.30. The summed E-state index contributed by atoms with van der Waals surface area (Å²) in [7, 11) is -4.33. The van der Waals surface area contributed by atoms with Gasteiger partial charge in [0.05, 0.1) is 32.2 Å². The Labute approximate surface area is 234 Å². The van der Waals surface area contributed by atoms with Gasteiger partial charge in [-0.1, -0.05) is 20.8 Å². The minimum atomic E-state index is -4.33. The summed E-state index contributed by atoms with van der Waals surface area (Å²) in [6.07, 6.45) is -4.71. The first-order valence-electron chi connectivity index (χ1n) is 12.4. The number of hydrogen-bond acceptors (Lipinski definition) is 14. The van der Waals surface area contributed by atoms with Gasteiger partial charge in [0.1, 0.15) is 24.7 Å². The van der Waals surface area contributed by atoms with Crippen LogP contribution in [-0.4, -0.2) is 105 Å². The number of carbonyl (C=O) groups excluding carboxylic acids is 1. The predicted molar refractivity (Wildman–Crippen MR) is 138 cm³/mol. The van der Waals surface area contributed by atoms with Crippen molar-refractivity contribution in [2.24, 2.45) is 5.41 Å². The molecule has 2 aromatic rings. The van der Waals surface area contributed by atoms with Crippen LogP contribution in [0.25, 0.3) is 11.2 Å². The molecule has 6 atom stereocenters. The lowest BCUT2D eigenvalue weighted by molar-refractivity contribution is -0.0626. The summed E-state index contributed by atoms with van der Waals surface area (Å²) in [6, 6.07) is 0.0244. The van der Waals surface area contributed by atoms with Crippen LogP contribution < -0.4 is 5.32 Å². The molecule has 0 aliphatic carbocycles. The van der Waals surface area contributed by atoms with E-state index in [1.807, 2.05) is 20.8 Å². The van der Waals surface area contributed by atoms with Gasteiger partial charge in [-0.15, -0.1) is 0 Å². The lowest BCUT2D eigenvalue weighted by Gasteiger charge is -2.18. The monoisotopic (exact) mass is 609 g/mol. The number of aliphatic hydroxyl groups is 2. The van der Waals surface area contributed by atoms with Crippen molar-refractivity contribution in [3.63, 3.8) is 0 Å². The molecule has 18 heteroatoms. The molecular weight excluding hydrogens is 577 g/mol. The van der Waals surface area contributed by atoms with Gasteiger partial charge in [0.15, 0.2) is 23.2 Å². The van der Waals surface area contributed by atoms with Crippen LogP contribution in [0.5, 0.6) is 0 Å². The van der Waals surface area contributed by atoms with Crippen LogP contribution in [0.4, 0.5) is 10.6 Å². The molecule has 2 aromatic heterocycles. The van der Waals surface area contributed by atoms with E-state index in [2.05, 4.69) is 25.0 Å². The number of carbonyl (C=O) groups is 1. The summed E-state index contributed by atoms with van der Waals surface area (Å²) < 4.78 is 44.2. The van der Waals surface area contributed by atoms with Crippen molar-refractivity contribution in [3.05, 3.63) is 11.6 Å². The molecule has 4 heterocycles. The number of fused-ring (bicyclic) bond motifs is 1. The van der Waals surface area contributed by atoms with Crippen molar-refractivity contribution in [1.29, 1.82) is 0 Å². The normalized spacial score (nSPS) is 26.6. The number of imidazole rings is 1. The number of rotatable bonds is 11. The Morgan fingerprint density at radius 2 is 2.05 bits per heavy atom. The van der Waals surface area contributed by atoms with E-state index in [0.717, 1.165) is 6.42 Å². The van der Waals surface area contributed by atoms with E-state index in [0.29, 0.717) is 24.5 Å². The van der Waals surface area contributed by atoms with Gasteiger partial charge in [-0.3, -0.25) is 13.7 Å². The molecule has 2 aliphatic heterocycles. The first kappa shape index (κ1) is 30.8. The predicted octanol–water partition coefficient (Wildman–Crippen LogP) is 1.63. The Morgan fingerprint density at radius 3 is 2.75 bits per heavy atom. The molecule has 4 rings (SSSR count). The number of halogens is 1. The van der Waals surface area contributed by atoms with E-state index in [1.165, 1.54) is 10.9 Å². The van der Waals surface area contributed by atoms with Crippen molar-refractivity contribution in [2.75, 3.05) is 44.9 Å². The zero-order chi connectivity index (χ0) is 29.1. The van der Waals surface area contributed by atoms with Crippen LogP contribution >= 0.6 is 19.2 Å². The average Bonchev–Trinajstić information content (AvgIpc) is 3.59. The number of aromatic nitrogens is 4. The first-order chi connectivity index (χ1) is 18.8. The van der Waals surface area contributed by atoms with E-state index in [4.69, 9.17) is 35.1 Å². The third-order valence-corrected chi connectivity index (χ3v) is 7.05. The Hall–Kier alpha value is -2.14. The Kier molecular flexibility index (Phi) is 9.86. The molecule has 0 radical (unpaired) electrons. The number of hydrogen-bond donors (Lipinski definition) is 4. The number of ether oxygens (including phenoxy) is 5. The van der Waals surface area contributed by atoms with E-state index >= 15 is 0 Å². The summed E-state index contributed by atoms with van der Waals surface area (Å²) in [5.74, 6) is 0.391. The Bertz CT molecular complexity index is 1220. The summed E-state index contributed by atoms with van der Waals surface area (Å²) in [6.45, 7) is 5.58. The maximum atomic E-state index is 12.2. The molecule has 2 saturated heterocycles. The summed E-state index contributed by atoms with van der Waals surface area (Å²) in [5, 5.41) is 24.4. The van der Waals surface area contributed by atoms with Crippen molar-refractivity contribution in [2.45, 2.75) is 57.8 Å². The van der Waals surface area contributed by atoms with Gasteiger partial charge >= 0.3 is 13.8 Å². The largest absolute Gasteiger partial charge is 0.510 e. The lowest BCUT2D eigenvalue weighted by Crippen LogP contribution is -2.34. The third-order valence-electron chi connectivity index (χ3n) is 5.87. The molecule has 2 fully saturated rings. The lowest BCUT2D eigenvalue weighted by atomic mass is 9.99.